The van der Waals surface area contributed by atoms with Crippen LogP contribution in [-0.4, -0.2) is 16.7 Å². The van der Waals surface area contributed by atoms with Gasteiger partial charge >= 0.3 is 0 Å². The Hall–Kier alpha value is -0.610. The summed E-state index contributed by atoms with van der Waals surface area (Å²) in [6.45, 7) is 2.85. The lowest BCUT2D eigenvalue weighted by Gasteiger charge is -2.07. The Morgan fingerprint density at radius 1 is 1.58 bits per heavy atom. The van der Waals surface area contributed by atoms with Gasteiger partial charge in [-0.25, -0.2) is 0 Å². The number of hydrogen-bond acceptors (Lipinski definition) is 4. The second kappa shape index (κ2) is 3.03. The molecule has 5 heteroatoms. The van der Waals surface area contributed by atoms with Crippen LogP contribution in [0.4, 0.5) is 0 Å². The summed E-state index contributed by atoms with van der Waals surface area (Å²) in [5, 5.41) is 3.64. The molecule has 2 unspecified atom stereocenters. The van der Waals surface area contributed by atoms with Gasteiger partial charge < -0.3 is 9.26 Å². The summed E-state index contributed by atoms with van der Waals surface area (Å²) in [5.74, 6) is 0.923. The van der Waals surface area contributed by atoms with Crippen molar-refractivity contribution >= 4 is 11.6 Å². The first-order valence-corrected chi connectivity index (χ1v) is 4.26. The zero-order valence-electron chi connectivity index (χ0n) is 6.66. The van der Waals surface area contributed by atoms with E-state index >= 15 is 0 Å². The Balaban J connectivity index is 2.19. The van der Waals surface area contributed by atoms with Crippen molar-refractivity contribution < 1.29 is 9.26 Å². The van der Waals surface area contributed by atoms with Crippen LogP contribution in [0.2, 0.25) is 5.28 Å². The predicted molar refractivity (Wildman–Crippen MR) is 41.8 cm³/mol. The highest BCUT2D eigenvalue weighted by atomic mass is 35.5. The van der Waals surface area contributed by atoms with Gasteiger partial charge in [-0.2, -0.15) is 4.98 Å². The van der Waals surface area contributed by atoms with E-state index in [2.05, 4.69) is 17.1 Å². The quantitative estimate of drug-likeness (QED) is 0.675. The van der Waals surface area contributed by atoms with Crippen molar-refractivity contribution in [2.75, 3.05) is 6.61 Å². The standard InChI is InChI=1S/C7H9ClN2O2/c1-4-2-3-11-5(4)6-9-7(8)10-12-6/h4-5H,2-3H2,1H3. The molecule has 1 saturated heterocycles. The van der Waals surface area contributed by atoms with Gasteiger partial charge in [0.15, 0.2) is 0 Å². The lowest BCUT2D eigenvalue weighted by atomic mass is 10.0. The smallest absolute Gasteiger partial charge is 0.263 e. The second-order valence-electron chi connectivity index (χ2n) is 2.96. The van der Waals surface area contributed by atoms with E-state index in [1.165, 1.54) is 0 Å². The van der Waals surface area contributed by atoms with Crippen molar-refractivity contribution in [1.82, 2.24) is 10.1 Å². The number of halogens is 1. The van der Waals surface area contributed by atoms with Gasteiger partial charge in [-0.05, 0) is 29.1 Å². The highest BCUT2D eigenvalue weighted by Gasteiger charge is 2.30. The Kier molecular flexibility index (Phi) is 2.02. The van der Waals surface area contributed by atoms with E-state index in [0.717, 1.165) is 13.0 Å². The molecule has 0 bridgehead atoms. The molecule has 0 aliphatic carbocycles. The molecule has 66 valence electrons. The van der Waals surface area contributed by atoms with Crippen molar-refractivity contribution in [2.24, 2.45) is 5.92 Å². The number of rotatable bonds is 1. The van der Waals surface area contributed by atoms with Gasteiger partial charge in [0.05, 0.1) is 0 Å². The van der Waals surface area contributed by atoms with Crippen LogP contribution in [0.3, 0.4) is 0 Å². The van der Waals surface area contributed by atoms with Gasteiger partial charge in [0.2, 0.25) is 0 Å². The molecule has 0 radical (unpaired) electrons. The highest BCUT2D eigenvalue weighted by molar-refractivity contribution is 6.28. The maximum Gasteiger partial charge on any atom is 0.263 e. The lowest BCUT2D eigenvalue weighted by molar-refractivity contribution is 0.0661. The van der Waals surface area contributed by atoms with Gasteiger partial charge in [0, 0.05) is 6.61 Å². The summed E-state index contributed by atoms with van der Waals surface area (Å²) in [5.41, 5.74) is 0. The van der Waals surface area contributed by atoms with E-state index in [4.69, 9.17) is 20.9 Å². The third-order valence-corrected chi connectivity index (χ3v) is 2.20. The predicted octanol–water partition coefficient (Wildman–Crippen LogP) is 1.82. The first-order chi connectivity index (χ1) is 5.77. The van der Waals surface area contributed by atoms with E-state index in [9.17, 15) is 0 Å². The summed E-state index contributed by atoms with van der Waals surface area (Å²) in [4.78, 5) is 3.91. The second-order valence-corrected chi connectivity index (χ2v) is 3.30. The zero-order chi connectivity index (χ0) is 8.55. The van der Waals surface area contributed by atoms with Crippen molar-refractivity contribution in [1.29, 1.82) is 0 Å². The Morgan fingerprint density at radius 3 is 2.92 bits per heavy atom. The molecule has 0 spiro atoms. The molecular formula is C7H9ClN2O2. The molecule has 0 aromatic carbocycles. The summed E-state index contributed by atoms with van der Waals surface area (Å²) in [6, 6.07) is 0. The minimum atomic E-state index is -0.0648. The van der Waals surface area contributed by atoms with Crippen LogP contribution < -0.4 is 0 Å². The van der Waals surface area contributed by atoms with Crippen molar-refractivity contribution in [3.63, 3.8) is 0 Å². The molecule has 4 nitrogen and oxygen atoms in total. The fourth-order valence-electron chi connectivity index (χ4n) is 1.34. The van der Waals surface area contributed by atoms with Gasteiger partial charge in [-0.3, -0.25) is 0 Å². The Labute approximate surface area is 74.9 Å². The van der Waals surface area contributed by atoms with E-state index < -0.39 is 0 Å². The fourth-order valence-corrected chi connectivity index (χ4v) is 1.46. The third-order valence-electron chi connectivity index (χ3n) is 2.05. The topological polar surface area (TPSA) is 48.2 Å². The molecule has 1 aromatic heterocycles. The summed E-state index contributed by atoms with van der Waals surface area (Å²) in [7, 11) is 0. The van der Waals surface area contributed by atoms with E-state index in [-0.39, 0.29) is 11.4 Å². The normalized spacial score (nSPS) is 29.5. The molecular weight excluding hydrogens is 180 g/mol. The summed E-state index contributed by atoms with van der Waals surface area (Å²) >= 11 is 5.52. The van der Waals surface area contributed by atoms with Crippen LogP contribution >= 0.6 is 11.6 Å². The average molecular weight is 189 g/mol. The SMILES string of the molecule is CC1CCOC1c1nc(Cl)no1. The van der Waals surface area contributed by atoms with Crippen LogP contribution in [0.5, 0.6) is 0 Å². The number of ether oxygens (including phenoxy) is 1. The minimum Gasteiger partial charge on any atom is -0.368 e. The highest BCUT2D eigenvalue weighted by Crippen LogP contribution is 2.33. The number of hydrogen-bond donors (Lipinski definition) is 0. The molecule has 0 saturated carbocycles. The Morgan fingerprint density at radius 2 is 2.42 bits per heavy atom. The van der Waals surface area contributed by atoms with Crippen LogP contribution in [-0.2, 0) is 4.74 Å². The van der Waals surface area contributed by atoms with Gasteiger partial charge in [0.1, 0.15) is 6.10 Å². The van der Waals surface area contributed by atoms with Gasteiger partial charge in [-0.1, -0.05) is 6.92 Å². The molecule has 1 aliphatic rings. The zero-order valence-corrected chi connectivity index (χ0v) is 7.41. The maximum atomic E-state index is 5.52. The first kappa shape index (κ1) is 8.01. The average Bonchev–Trinajstić information content (AvgIpc) is 2.58. The third kappa shape index (κ3) is 1.32. The molecule has 2 atom stereocenters. The molecule has 1 aliphatic heterocycles. The van der Waals surface area contributed by atoms with Crippen LogP contribution in [0, 0.1) is 5.92 Å². The molecule has 2 rings (SSSR count). The molecule has 1 fully saturated rings. The summed E-state index contributed by atoms with van der Waals surface area (Å²) in [6.07, 6.45) is 0.968. The van der Waals surface area contributed by atoms with Crippen LogP contribution in [0.1, 0.15) is 25.3 Å². The Bertz CT molecular complexity index is 276. The largest absolute Gasteiger partial charge is 0.368 e. The lowest BCUT2D eigenvalue weighted by Crippen LogP contribution is -2.03. The monoisotopic (exact) mass is 188 g/mol. The first-order valence-electron chi connectivity index (χ1n) is 3.88. The molecule has 0 N–H and O–H groups in total. The van der Waals surface area contributed by atoms with Crippen molar-refractivity contribution in [3.05, 3.63) is 11.2 Å². The summed E-state index contributed by atoms with van der Waals surface area (Å²) < 4.78 is 10.3. The van der Waals surface area contributed by atoms with Gasteiger partial charge in [-0.15, -0.1) is 0 Å². The molecule has 2 heterocycles. The van der Waals surface area contributed by atoms with Crippen LogP contribution in [0.15, 0.2) is 4.52 Å². The molecule has 12 heavy (non-hydrogen) atoms. The van der Waals surface area contributed by atoms with E-state index in [1.54, 1.807) is 0 Å². The van der Waals surface area contributed by atoms with Gasteiger partial charge in [0.25, 0.3) is 11.2 Å². The van der Waals surface area contributed by atoms with E-state index in [0.29, 0.717) is 11.8 Å². The molecule has 0 amide bonds. The van der Waals surface area contributed by atoms with Crippen molar-refractivity contribution in [3.8, 4) is 0 Å². The van der Waals surface area contributed by atoms with E-state index in [1.807, 2.05) is 0 Å². The van der Waals surface area contributed by atoms with Crippen LogP contribution in [0.25, 0.3) is 0 Å². The molecule has 1 aromatic rings. The minimum absolute atomic E-state index is 0.0648. The number of aromatic nitrogens is 2. The maximum absolute atomic E-state index is 5.52. The fraction of sp³-hybridized carbons (Fsp3) is 0.714. The number of nitrogens with zero attached hydrogens (tertiary/aromatic N) is 2. The van der Waals surface area contributed by atoms with Crippen molar-refractivity contribution in [2.45, 2.75) is 19.4 Å².